The van der Waals surface area contributed by atoms with Gasteiger partial charge in [0.25, 0.3) is 5.91 Å². The zero-order valence-electron chi connectivity index (χ0n) is 13.9. The van der Waals surface area contributed by atoms with E-state index < -0.39 is 0 Å². The molecule has 1 amide bonds. The monoisotopic (exact) mass is 301 g/mol. The van der Waals surface area contributed by atoms with Crippen LogP contribution in [0.1, 0.15) is 50.2 Å². The Kier molecular flexibility index (Phi) is 4.42. The smallest absolute Gasteiger partial charge is 0.261 e. The maximum atomic E-state index is 12.5. The zero-order chi connectivity index (χ0) is 15.7. The number of carbonyl (C=O) groups excluding carboxylic acids is 1. The fraction of sp³-hybridized carbons (Fsp3) is 0.632. The van der Waals surface area contributed by atoms with E-state index in [1.807, 2.05) is 19.1 Å². The molecule has 0 saturated heterocycles. The van der Waals surface area contributed by atoms with Crippen LogP contribution in [0.15, 0.2) is 18.2 Å². The van der Waals surface area contributed by atoms with Crippen molar-refractivity contribution in [2.75, 3.05) is 0 Å². The molecule has 22 heavy (non-hydrogen) atoms. The molecule has 2 fully saturated rings. The van der Waals surface area contributed by atoms with Gasteiger partial charge >= 0.3 is 0 Å². The average molecular weight is 301 g/mol. The number of rotatable bonds is 5. The van der Waals surface area contributed by atoms with E-state index in [1.54, 1.807) is 0 Å². The van der Waals surface area contributed by atoms with Crippen molar-refractivity contribution in [2.24, 2.45) is 11.8 Å². The van der Waals surface area contributed by atoms with Gasteiger partial charge in [-0.1, -0.05) is 19.4 Å². The van der Waals surface area contributed by atoms with Crippen LogP contribution in [0.2, 0.25) is 0 Å². The Morgan fingerprint density at radius 2 is 1.95 bits per heavy atom. The molecule has 2 saturated carbocycles. The maximum Gasteiger partial charge on any atom is 0.261 e. The van der Waals surface area contributed by atoms with E-state index in [1.165, 1.54) is 30.4 Å². The summed E-state index contributed by atoms with van der Waals surface area (Å²) in [4.78, 5) is 12.5. The summed E-state index contributed by atoms with van der Waals surface area (Å²) in [5.41, 5.74) is 2.33. The summed E-state index contributed by atoms with van der Waals surface area (Å²) in [6.07, 6.45) is 5.41. The highest BCUT2D eigenvalue weighted by Crippen LogP contribution is 2.44. The van der Waals surface area contributed by atoms with Crippen LogP contribution < -0.4 is 10.1 Å². The van der Waals surface area contributed by atoms with Gasteiger partial charge in [0.15, 0.2) is 6.10 Å². The Labute approximate surface area is 133 Å². The highest BCUT2D eigenvalue weighted by Gasteiger charge is 2.40. The van der Waals surface area contributed by atoms with Gasteiger partial charge in [-0.15, -0.1) is 0 Å². The lowest BCUT2D eigenvalue weighted by Gasteiger charge is -2.25. The molecule has 3 nitrogen and oxygen atoms in total. The number of ether oxygens (including phenoxy) is 1. The molecule has 0 heterocycles. The lowest BCUT2D eigenvalue weighted by atomic mass is 9.95. The molecule has 0 aliphatic heterocycles. The number of carbonyl (C=O) groups is 1. The van der Waals surface area contributed by atoms with Crippen molar-refractivity contribution >= 4 is 5.91 Å². The molecule has 0 aromatic heterocycles. The molecule has 3 heteroatoms. The first-order chi connectivity index (χ1) is 10.5. The van der Waals surface area contributed by atoms with Gasteiger partial charge in [0.1, 0.15) is 5.75 Å². The maximum absolute atomic E-state index is 12.5. The van der Waals surface area contributed by atoms with Crippen LogP contribution in [0, 0.1) is 25.7 Å². The lowest BCUT2D eigenvalue weighted by Crippen LogP contribution is -2.45. The Balaban J connectivity index is 1.61. The largest absolute Gasteiger partial charge is 0.481 e. The molecule has 4 unspecified atom stereocenters. The van der Waals surface area contributed by atoms with Gasteiger partial charge < -0.3 is 10.1 Å². The minimum atomic E-state index is -0.389. The Bertz CT molecular complexity index is 534. The SMILES string of the molecule is CCC(Oc1cc(C)cc(C)c1)C(=O)NC1CC2CCC1C2. The van der Waals surface area contributed by atoms with Crippen molar-refractivity contribution in [2.45, 2.75) is 65.0 Å². The third-order valence-corrected chi connectivity index (χ3v) is 5.20. The van der Waals surface area contributed by atoms with Gasteiger partial charge in [-0.2, -0.15) is 0 Å². The second kappa shape index (κ2) is 6.31. The first-order valence-corrected chi connectivity index (χ1v) is 8.60. The number of fused-ring (bicyclic) bond motifs is 2. The highest BCUT2D eigenvalue weighted by atomic mass is 16.5. The predicted octanol–water partition coefficient (Wildman–Crippen LogP) is 3.77. The third-order valence-electron chi connectivity index (χ3n) is 5.20. The normalized spacial score (nSPS) is 27.7. The van der Waals surface area contributed by atoms with Crippen LogP contribution in [-0.2, 0) is 4.79 Å². The average Bonchev–Trinajstić information content (AvgIpc) is 3.06. The summed E-state index contributed by atoms with van der Waals surface area (Å²) >= 11 is 0. The van der Waals surface area contributed by atoms with Crippen LogP contribution >= 0.6 is 0 Å². The third kappa shape index (κ3) is 3.29. The van der Waals surface area contributed by atoms with E-state index in [-0.39, 0.29) is 12.0 Å². The second-order valence-corrected chi connectivity index (χ2v) is 7.13. The van der Waals surface area contributed by atoms with E-state index in [9.17, 15) is 4.79 Å². The lowest BCUT2D eigenvalue weighted by molar-refractivity contribution is -0.129. The van der Waals surface area contributed by atoms with E-state index >= 15 is 0 Å². The van der Waals surface area contributed by atoms with E-state index in [2.05, 4.69) is 25.2 Å². The van der Waals surface area contributed by atoms with Crippen LogP contribution in [0.3, 0.4) is 0 Å². The molecule has 1 aromatic rings. The number of hydrogen-bond acceptors (Lipinski definition) is 2. The fourth-order valence-electron chi connectivity index (χ4n) is 4.18. The molecular weight excluding hydrogens is 274 g/mol. The molecular formula is C19H27NO2. The number of aryl methyl sites for hydroxylation is 2. The highest BCUT2D eigenvalue weighted by molar-refractivity contribution is 5.81. The van der Waals surface area contributed by atoms with Gasteiger partial charge in [-0.05, 0) is 74.6 Å². The minimum absolute atomic E-state index is 0.0548. The second-order valence-electron chi connectivity index (χ2n) is 7.13. The van der Waals surface area contributed by atoms with Crippen molar-refractivity contribution in [3.63, 3.8) is 0 Å². The van der Waals surface area contributed by atoms with Crippen molar-refractivity contribution in [3.05, 3.63) is 29.3 Å². The van der Waals surface area contributed by atoms with Gasteiger partial charge in [0, 0.05) is 6.04 Å². The Morgan fingerprint density at radius 3 is 2.50 bits per heavy atom. The van der Waals surface area contributed by atoms with Gasteiger partial charge in [0.2, 0.25) is 0 Å². The number of hydrogen-bond donors (Lipinski definition) is 1. The van der Waals surface area contributed by atoms with E-state index in [0.717, 1.165) is 18.1 Å². The molecule has 2 aliphatic carbocycles. The summed E-state index contributed by atoms with van der Waals surface area (Å²) in [6, 6.07) is 6.49. The van der Waals surface area contributed by atoms with E-state index in [4.69, 9.17) is 4.74 Å². The fourth-order valence-corrected chi connectivity index (χ4v) is 4.18. The summed E-state index contributed by atoms with van der Waals surface area (Å²) in [7, 11) is 0. The van der Waals surface area contributed by atoms with E-state index in [0.29, 0.717) is 18.4 Å². The molecule has 1 aromatic carbocycles. The van der Waals surface area contributed by atoms with Crippen molar-refractivity contribution in [3.8, 4) is 5.75 Å². The molecule has 2 bridgehead atoms. The van der Waals surface area contributed by atoms with Crippen molar-refractivity contribution in [1.29, 1.82) is 0 Å². The minimum Gasteiger partial charge on any atom is -0.481 e. The number of nitrogens with one attached hydrogen (secondary N) is 1. The number of benzene rings is 1. The van der Waals surface area contributed by atoms with Crippen molar-refractivity contribution < 1.29 is 9.53 Å². The van der Waals surface area contributed by atoms with Gasteiger partial charge in [-0.25, -0.2) is 0 Å². The van der Waals surface area contributed by atoms with Gasteiger partial charge in [0.05, 0.1) is 0 Å². The summed E-state index contributed by atoms with van der Waals surface area (Å²) < 4.78 is 5.97. The summed E-state index contributed by atoms with van der Waals surface area (Å²) in [5, 5.41) is 3.25. The molecule has 3 rings (SSSR count). The molecule has 120 valence electrons. The Morgan fingerprint density at radius 1 is 1.23 bits per heavy atom. The summed E-state index contributed by atoms with van der Waals surface area (Å²) in [6.45, 7) is 6.11. The topological polar surface area (TPSA) is 38.3 Å². The molecule has 4 atom stereocenters. The first-order valence-electron chi connectivity index (χ1n) is 8.60. The first kappa shape index (κ1) is 15.4. The predicted molar refractivity (Wildman–Crippen MR) is 88.0 cm³/mol. The van der Waals surface area contributed by atoms with Crippen LogP contribution in [0.4, 0.5) is 0 Å². The molecule has 0 spiro atoms. The quantitative estimate of drug-likeness (QED) is 0.899. The number of amides is 1. The summed E-state index contributed by atoms with van der Waals surface area (Å²) in [5.74, 6) is 2.40. The van der Waals surface area contributed by atoms with Crippen LogP contribution in [0.25, 0.3) is 0 Å². The van der Waals surface area contributed by atoms with Crippen LogP contribution in [0.5, 0.6) is 5.75 Å². The van der Waals surface area contributed by atoms with Crippen molar-refractivity contribution in [1.82, 2.24) is 5.32 Å². The molecule has 1 N–H and O–H groups in total. The standard InChI is InChI=1S/C19H27NO2/c1-4-18(22-16-8-12(2)7-13(3)9-16)19(21)20-17-11-14-5-6-15(17)10-14/h7-9,14-15,17-18H,4-6,10-11H2,1-3H3,(H,20,21). The van der Waals surface area contributed by atoms with Gasteiger partial charge in [-0.3, -0.25) is 4.79 Å². The molecule has 2 aliphatic rings. The van der Waals surface area contributed by atoms with Crippen LogP contribution in [-0.4, -0.2) is 18.1 Å². The zero-order valence-corrected chi connectivity index (χ0v) is 13.9. The Hall–Kier alpha value is -1.51. The molecule has 0 radical (unpaired) electrons.